The van der Waals surface area contributed by atoms with E-state index < -0.39 is 0 Å². The van der Waals surface area contributed by atoms with Crippen molar-refractivity contribution in [1.29, 1.82) is 0 Å². The van der Waals surface area contributed by atoms with Gasteiger partial charge in [0.15, 0.2) is 5.82 Å². The van der Waals surface area contributed by atoms with Gasteiger partial charge in [0.1, 0.15) is 0 Å². The molecule has 3 fully saturated rings. The van der Waals surface area contributed by atoms with Gasteiger partial charge in [-0.3, -0.25) is 0 Å². The Morgan fingerprint density at radius 1 is 0.329 bits per heavy atom. The monoisotopic (exact) mass is 972 g/mol. The van der Waals surface area contributed by atoms with Crippen molar-refractivity contribution in [1.82, 2.24) is 9.97 Å². The van der Waals surface area contributed by atoms with E-state index in [1.165, 1.54) is 94.8 Å². The van der Waals surface area contributed by atoms with Crippen LogP contribution >= 0.6 is 0 Å². The first-order chi connectivity index (χ1) is 37.6. The maximum Gasteiger partial charge on any atom is 0.160 e. The third-order valence-corrected chi connectivity index (χ3v) is 20.3. The minimum atomic E-state index is -0.120. The number of hydrogen-bond donors (Lipinski definition) is 0. The highest BCUT2D eigenvalue weighted by Crippen LogP contribution is 2.77. The fraction of sp³-hybridized carbons (Fsp3) is 0.189. The zero-order valence-electron chi connectivity index (χ0n) is 42.6. The van der Waals surface area contributed by atoms with Gasteiger partial charge >= 0.3 is 0 Å². The van der Waals surface area contributed by atoms with Crippen molar-refractivity contribution in [3.8, 4) is 67.2 Å². The van der Waals surface area contributed by atoms with E-state index in [9.17, 15) is 0 Å². The number of nitrogens with zero attached hydrogens (tertiary/aromatic N) is 2. The van der Waals surface area contributed by atoms with E-state index >= 15 is 0 Å². The number of rotatable bonds is 3. The molecule has 11 aromatic rings. The maximum atomic E-state index is 5.38. The van der Waals surface area contributed by atoms with E-state index in [0.29, 0.717) is 23.7 Å². The first-order valence-corrected chi connectivity index (χ1v) is 28.0. The zero-order valence-corrected chi connectivity index (χ0v) is 42.6. The van der Waals surface area contributed by atoms with Gasteiger partial charge in [0, 0.05) is 38.1 Å². The Bertz CT molecular complexity index is 4210. The fourth-order valence-corrected chi connectivity index (χ4v) is 17.9. The van der Waals surface area contributed by atoms with Gasteiger partial charge in [-0.25, -0.2) is 9.97 Å². The van der Waals surface area contributed by atoms with E-state index in [1.54, 1.807) is 33.4 Å². The van der Waals surface area contributed by atoms with Gasteiger partial charge < -0.3 is 0 Å². The molecule has 0 saturated heterocycles. The van der Waals surface area contributed by atoms with E-state index in [1.807, 2.05) is 0 Å². The van der Waals surface area contributed by atoms with Crippen molar-refractivity contribution in [2.45, 2.75) is 78.9 Å². The van der Waals surface area contributed by atoms with Crippen LogP contribution < -0.4 is 0 Å². The summed E-state index contributed by atoms with van der Waals surface area (Å²) in [5.41, 5.74) is 24.5. The summed E-state index contributed by atoms with van der Waals surface area (Å²) >= 11 is 0. The minimum absolute atomic E-state index is 0.0872. The second kappa shape index (κ2) is 15.9. The number of hydrogen-bond acceptors (Lipinski definition) is 2. The molecule has 362 valence electrons. The third-order valence-electron chi connectivity index (χ3n) is 20.3. The van der Waals surface area contributed by atoms with Gasteiger partial charge in [-0.15, -0.1) is 0 Å². The average Bonchev–Trinajstić information content (AvgIpc) is 4.03. The normalized spacial score (nSPS) is 24.9. The lowest BCUT2D eigenvalue weighted by Crippen LogP contribution is -2.64. The molecule has 17 rings (SSSR count). The molecular formula is C74H56N2. The molecule has 10 aromatic carbocycles. The van der Waals surface area contributed by atoms with Crippen LogP contribution in [0.3, 0.4) is 0 Å². The molecule has 7 unspecified atom stereocenters. The van der Waals surface area contributed by atoms with Crippen molar-refractivity contribution in [3.05, 3.63) is 264 Å². The van der Waals surface area contributed by atoms with Gasteiger partial charge in [-0.2, -0.15) is 0 Å². The summed E-state index contributed by atoms with van der Waals surface area (Å²) in [5, 5.41) is 3.40. The topological polar surface area (TPSA) is 25.8 Å². The first kappa shape index (κ1) is 43.1. The van der Waals surface area contributed by atoms with E-state index in [-0.39, 0.29) is 16.2 Å². The SMILES string of the molecule is c1ccc(-c2nc(-c3ccc(-c4ccc5c(c4)C46CCC7CC8(CC9CC(CC(C4)c4ccccc4-5)(c4ccccc4-c4ccccc49)C68)c4ccccc4-c4ccccc47)cc3)nc3c2ccc2ccccc23)cc1. The summed E-state index contributed by atoms with van der Waals surface area (Å²) in [6.07, 6.45) is 8.21. The van der Waals surface area contributed by atoms with Crippen LogP contribution in [0.25, 0.3) is 88.8 Å². The zero-order chi connectivity index (χ0) is 49.7. The lowest BCUT2D eigenvalue weighted by Gasteiger charge is -2.67. The Morgan fingerprint density at radius 2 is 0.829 bits per heavy atom. The van der Waals surface area contributed by atoms with Crippen molar-refractivity contribution >= 4 is 21.7 Å². The summed E-state index contributed by atoms with van der Waals surface area (Å²) in [6.45, 7) is 0. The Kier molecular flexibility index (Phi) is 9.02. The summed E-state index contributed by atoms with van der Waals surface area (Å²) in [7, 11) is 0. The second-order valence-electron chi connectivity index (χ2n) is 23.7. The molecule has 3 spiro atoms. The molecule has 1 heterocycles. The fourth-order valence-electron chi connectivity index (χ4n) is 17.9. The van der Waals surface area contributed by atoms with Crippen LogP contribution in [-0.4, -0.2) is 9.97 Å². The summed E-state index contributed by atoms with van der Waals surface area (Å²) in [4.78, 5) is 10.7. The number of fused-ring (bicyclic) bond motifs is 18. The number of benzene rings is 10. The summed E-state index contributed by atoms with van der Waals surface area (Å²) in [5.74, 6) is 2.40. The molecule has 2 nitrogen and oxygen atoms in total. The molecule has 7 atom stereocenters. The lowest BCUT2D eigenvalue weighted by atomic mass is 9.36. The number of aromatic nitrogens is 2. The molecule has 0 aliphatic heterocycles. The predicted molar refractivity (Wildman–Crippen MR) is 312 cm³/mol. The molecule has 0 amide bonds. The van der Waals surface area contributed by atoms with E-state index in [4.69, 9.17) is 9.97 Å². The molecule has 6 aliphatic rings. The van der Waals surface area contributed by atoms with Crippen LogP contribution in [0.2, 0.25) is 0 Å². The molecular weight excluding hydrogens is 917 g/mol. The highest BCUT2D eigenvalue weighted by molar-refractivity contribution is 6.09. The van der Waals surface area contributed by atoms with Gasteiger partial charge in [0.05, 0.1) is 11.2 Å². The van der Waals surface area contributed by atoms with Crippen LogP contribution in [0.4, 0.5) is 0 Å². The van der Waals surface area contributed by atoms with Crippen molar-refractivity contribution < 1.29 is 0 Å². The Balaban J connectivity index is 0.902. The molecule has 2 heteroatoms. The Labute approximate surface area is 445 Å². The maximum absolute atomic E-state index is 5.38. The van der Waals surface area contributed by atoms with Crippen LogP contribution in [0, 0.1) is 5.92 Å². The van der Waals surface area contributed by atoms with Crippen LogP contribution in [0.5, 0.6) is 0 Å². The van der Waals surface area contributed by atoms with E-state index in [2.05, 4.69) is 231 Å². The van der Waals surface area contributed by atoms with Crippen LogP contribution in [-0.2, 0) is 16.2 Å². The minimum Gasteiger partial charge on any atom is -0.227 e. The van der Waals surface area contributed by atoms with Gasteiger partial charge in [0.2, 0.25) is 0 Å². The third kappa shape index (κ3) is 5.88. The quantitative estimate of drug-likeness (QED) is 0.165. The van der Waals surface area contributed by atoms with Crippen LogP contribution in [0.15, 0.2) is 231 Å². The van der Waals surface area contributed by atoms with Gasteiger partial charge in [0.25, 0.3) is 0 Å². The first-order valence-electron chi connectivity index (χ1n) is 28.0. The van der Waals surface area contributed by atoms with Crippen molar-refractivity contribution in [2.75, 3.05) is 0 Å². The highest BCUT2D eigenvalue weighted by atomic mass is 14.9. The van der Waals surface area contributed by atoms with Crippen molar-refractivity contribution in [2.24, 2.45) is 5.92 Å². The molecule has 76 heavy (non-hydrogen) atoms. The Morgan fingerprint density at radius 3 is 1.49 bits per heavy atom. The molecule has 3 saturated carbocycles. The average molecular weight is 973 g/mol. The summed E-state index contributed by atoms with van der Waals surface area (Å²) in [6, 6.07) is 89.0. The lowest BCUT2D eigenvalue weighted by molar-refractivity contribution is -0.0410. The smallest absolute Gasteiger partial charge is 0.160 e. The summed E-state index contributed by atoms with van der Waals surface area (Å²) < 4.78 is 0. The molecule has 0 radical (unpaired) electrons. The second-order valence-corrected chi connectivity index (χ2v) is 23.7. The molecule has 6 aliphatic carbocycles. The largest absolute Gasteiger partial charge is 0.227 e. The Hall–Kier alpha value is -8.20. The van der Waals surface area contributed by atoms with Gasteiger partial charge in [-0.1, -0.05) is 218 Å². The van der Waals surface area contributed by atoms with Crippen LogP contribution in [0.1, 0.15) is 96.1 Å². The highest BCUT2D eigenvalue weighted by Gasteiger charge is 2.71. The molecule has 6 bridgehead atoms. The predicted octanol–water partition coefficient (Wildman–Crippen LogP) is 18.6. The van der Waals surface area contributed by atoms with Gasteiger partial charge in [-0.05, 0) is 164 Å². The standard InChI is InChI=1S/C74H56N2/c1-2-17-48(18-3-1)68-64-37-34-47-16-4-5-22-57(47)69(64)76-70(75-68)49-32-30-46(31-33-49)50-35-36-63-60-25-11-8-20-55(60)52-42-72(67(63)40-50)39-38-51-41-73(65-28-14-12-26-61(65)58-23-9-6-19-54(51)58)44-53-45-74(43-52,71(72)73)66-29-15-13-27-62(66)59-24-10-7-21-56(53)59/h1-37,40,51-53,71H,38-39,41-45H2. The van der Waals surface area contributed by atoms with E-state index in [0.717, 1.165) is 38.9 Å². The molecule has 1 aromatic heterocycles. The van der Waals surface area contributed by atoms with Crippen molar-refractivity contribution in [3.63, 3.8) is 0 Å². The molecule has 0 N–H and O–H groups in total.